The zero-order valence-corrected chi connectivity index (χ0v) is 9.69. The Labute approximate surface area is 104 Å². The Morgan fingerprint density at radius 3 is 2.72 bits per heavy atom. The lowest BCUT2D eigenvalue weighted by Crippen LogP contribution is -2.56. The van der Waals surface area contributed by atoms with Crippen LogP contribution in [0.4, 0.5) is 0 Å². The predicted octanol–water partition coefficient (Wildman–Crippen LogP) is 0.429. The molecule has 2 aliphatic rings. The summed E-state index contributed by atoms with van der Waals surface area (Å²) in [6, 6.07) is 9.42. The third-order valence-corrected chi connectivity index (χ3v) is 3.21. The molecular formula is C13H14O5. The number of ketones is 1. The van der Waals surface area contributed by atoms with Crippen LogP contribution >= 0.6 is 0 Å². The van der Waals surface area contributed by atoms with Crippen molar-refractivity contribution in [2.24, 2.45) is 0 Å². The summed E-state index contributed by atoms with van der Waals surface area (Å²) in [6.07, 6.45) is -2.71. The average Bonchev–Trinajstić information content (AvgIpc) is 2.44. The molecule has 2 fully saturated rings. The highest BCUT2D eigenvalue weighted by Gasteiger charge is 2.44. The molecule has 5 nitrogen and oxygen atoms in total. The van der Waals surface area contributed by atoms with Crippen LogP contribution in [-0.4, -0.2) is 42.4 Å². The third-order valence-electron chi connectivity index (χ3n) is 3.21. The van der Waals surface area contributed by atoms with Gasteiger partial charge in [-0.2, -0.15) is 0 Å². The fourth-order valence-electron chi connectivity index (χ4n) is 2.21. The van der Waals surface area contributed by atoms with Crippen molar-refractivity contribution >= 4 is 5.78 Å². The zero-order valence-electron chi connectivity index (χ0n) is 9.69. The Kier molecular flexibility index (Phi) is 3.13. The third kappa shape index (κ3) is 2.06. The molecule has 0 amide bonds. The van der Waals surface area contributed by atoms with Gasteiger partial charge in [-0.25, -0.2) is 0 Å². The number of rotatable bonds is 1. The highest BCUT2D eigenvalue weighted by Crippen LogP contribution is 2.30. The number of aliphatic hydroxyl groups excluding tert-OH is 1. The first-order valence-corrected chi connectivity index (χ1v) is 5.90. The quantitative estimate of drug-likeness (QED) is 0.783. The maximum Gasteiger partial charge on any atom is 0.189 e. The van der Waals surface area contributed by atoms with Crippen LogP contribution in [0.25, 0.3) is 0 Å². The minimum Gasteiger partial charge on any atom is -0.382 e. The smallest absolute Gasteiger partial charge is 0.189 e. The molecule has 96 valence electrons. The van der Waals surface area contributed by atoms with Crippen LogP contribution in [0.5, 0.6) is 0 Å². The van der Waals surface area contributed by atoms with E-state index in [4.69, 9.17) is 14.2 Å². The molecule has 1 N–H and O–H groups in total. The van der Waals surface area contributed by atoms with Crippen molar-refractivity contribution in [3.63, 3.8) is 0 Å². The fourth-order valence-corrected chi connectivity index (χ4v) is 2.21. The molecule has 5 heteroatoms. The van der Waals surface area contributed by atoms with Gasteiger partial charge in [0.05, 0.1) is 6.61 Å². The van der Waals surface area contributed by atoms with Gasteiger partial charge in [-0.3, -0.25) is 4.79 Å². The van der Waals surface area contributed by atoms with Gasteiger partial charge in [0, 0.05) is 5.56 Å². The standard InChI is InChI=1S/C13H14O5/c14-9-6-16-10-7-17-13(18-12(10)11(9)15)8-4-2-1-3-5-8/h1-5,10-13,15H,6-7H2/t10-,11-,12?,13-/m1/s1. The molecule has 0 radical (unpaired) electrons. The van der Waals surface area contributed by atoms with Gasteiger partial charge in [-0.1, -0.05) is 30.3 Å². The minimum atomic E-state index is -1.13. The summed E-state index contributed by atoms with van der Waals surface area (Å²) in [7, 11) is 0. The summed E-state index contributed by atoms with van der Waals surface area (Å²) >= 11 is 0. The molecule has 4 atom stereocenters. The second kappa shape index (κ2) is 4.78. The van der Waals surface area contributed by atoms with Crippen molar-refractivity contribution in [1.82, 2.24) is 0 Å². The minimum absolute atomic E-state index is 0.0783. The molecule has 3 rings (SSSR count). The lowest BCUT2D eigenvalue weighted by atomic mass is 10.0. The number of Topliss-reactive ketones (excluding diaryl/α,β-unsaturated/α-hetero) is 1. The molecule has 1 aromatic carbocycles. The van der Waals surface area contributed by atoms with Crippen LogP contribution < -0.4 is 0 Å². The summed E-state index contributed by atoms with van der Waals surface area (Å²) in [5.74, 6) is -0.343. The van der Waals surface area contributed by atoms with Crippen LogP contribution in [0.1, 0.15) is 11.9 Å². The molecule has 2 saturated heterocycles. The van der Waals surface area contributed by atoms with E-state index in [2.05, 4.69) is 0 Å². The van der Waals surface area contributed by atoms with Crippen molar-refractivity contribution < 1.29 is 24.1 Å². The van der Waals surface area contributed by atoms with Crippen LogP contribution in [0.3, 0.4) is 0 Å². The van der Waals surface area contributed by atoms with Crippen molar-refractivity contribution in [1.29, 1.82) is 0 Å². The van der Waals surface area contributed by atoms with E-state index in [1.807, 2.05) is 30.3 Å². The SMILES string of the molecule is O=C1CO[C@@H]2CO[C@@H](c3ccccc3)OC2[C@@H]1O. The average molecular weight is 250 g/mol. The zero-order chi connectivity index (χ0) is 12.5. The highest BCUT2D eigenvalue weighted by atomic mass is 16.7. The number of fused-ring (bicyclic) bond motifs is 1. The first kappa shape index (κ1) is 11.8. The summed E-state index contributed by atoms with van der Waals surface area (Å²) < 4.78 is 16.5. The Hall–Kier alpha value is -1.27. The van der Waals surface area contributed by atoms with E-state index in [9.17, 15) is 9.90 Å². The summed E-state index contributed by atoms with van der Waals surface area (Å²) in [4.78, 5) is 11.4. The van der Waals surface area contributed by atoms with Crippen LogP contribution in [0.15, 0.2) is 30.3 Å². The van der Waals surface area contributed by atoms with E-state index < -0.39 is 18.5 Å². The molecule has 1 unspecified atom stereocenters. The van der Waals surface area contributed by atoms with Crippen molar-refractivity contribution in [3.05, 3.63) is 35.9 Å². The summed E-state index contributed by atoms with van der Waals surface area (Å²) in [5.41, 5.74) is 0.862. The Morgan fingerprint density at radius 2 is 1.94 bits per heavy atom. The number of ether oxygens (including phenoxy) is 3. The second-order valence-corrected chi connectivity index (χ2v) is 4.44. The second-order valence-electron chi connectivity index (χ2n) is 4.44. The first-order valence-electron chi connectivity index (χ1n) is 5.90. The number of carbonyl (C=O) groups excluding carboxylic acids is 1. The monoisotopic (exact) mass is 250 g/mol. The van der Waals surface area contributed by atoms with E-state index in [0.29, 0.717) is 6.61 Å². The topological polar surface area (TPSA) is 65.0 Å². The molecule has 1 aromatic rings. The van der Waals surface area contributed by atoms with Gasteiger partial charge >= 0.3 is 0 Å². The van der Waals surface area contributed by atoms with Crippen molar-refractivity contribution in [3.8, 4) is 0 Å². The first-order chi connectivity index (χ1) is 8.75. The number of carbonyl (C=O) groups is 1. The molecule has 2 aliphatic heterocycles. The van der Waals surface area contributed by atoms with Gasteiger partial charge in [0.25, 0.3) is 0 Å². The summed E-state index contributed by atoms with van der Waals surface area (Å²) in [6.45, 7) is 0.236. The van der Waals surface area contributed by atoms with Gasteiger partial charge in [0.2, 0.25) is 0 Å². The van der Waals surface area contributed by atoms with E-state index in [1.54, 1.807) is 0 Å². The van der Waals surface area contributed by atoms with Crippen molar-refractivity contribution in [2.45, 2.75) is 24.6 Å². The van der Waals surface area contributed by atoms with Gasteiger partial charge in [0.15, 0.2) is 12.1 Å². The maximum absolute atomic E-state index is 11.4. The lowest BCUT2D eigenvalue weighted by molar-refractivity contribution is -0.289. The Bertz CT molecular complexity index is 432. The molecule has 0 bridgehead atoms. The highest BCUT2D eigenvalue weighted by molar-refractivity contribution is 5.85. The van der Waals surface area contributed by atoms with Crippen LogP contribution in [-0.2, 0) is 19.0 Å². The van der Waals surface area contributed by atoms with Crippen LogP contribution in [0, 0.1) is 0 Å². The number of hydrogen-bond donors (Lipinski definition) is 1. The Morgan fingerprint density at radius 1 is 1.17 bits per heavy atom. The molecule has 0 aliphatic carbocycles. The Balaban J connectivity index is 1.77. The van der Waals surface area contributed by atoms with E-state index >= 15 is 0 Å². The number of hydrogen-bond acceptors (Lipinski definition) is 5. The molecule has 0 spiro atoms. The van der Waals surface area contributed by atoms with Gasteiger partial charge in [-0.15, -0.1) is 0 Å². The normalized spacial score (nSPS) is 36.2. The number of aliphatic hydroxyl groups is 1. The molecule has 2 heterocycles. The fraction of sp³-hybridized carbons (Fsp3) is 0.462. The maximum atomic E-state index is 11.4. The van der Waals surface area contributed by atoms with Crippen molar-refractivity contribution in [2.75, 3.05) is 13.2 Å². The van der Waals surface area contributed by atoms with Gasteiger partial charge in [-0.05, 0) is 0 Å². The number of benzene rings is 1. The molecular weight excluding hydrogens is 236 g/mol. The lowest BCUT2D eigenvalue weighted by Gasteiger charge is -2.40. The van der Waals surface area contributed by atoms with E-state index in [0.717, 1.165) is 5.56 Å². The van der Waals surface area contributed by atoms with E-state index in [1.165, 1.54) is 0 Å². The van der Waals surface area contributed by atoms with E-state index in [-0.39, 0.29) is 18.5 Å². The molecule has 0 saturated carbocycles. The molecule has 18 heavy (non-hydrogen) atoms. The van der Waals surface area contributed by atoms with Gasteiger partial charge < -0.3 is 19.3 Å². The predicted molar refractivity (Wildman–Crippen MR) is 60.8 cm³/mol. The molecule has 0 aromatic heterocycles. The van der Waals surface area contributed by atoms with Crippen LogP contribution in [0.2, 0.25) is 0 Å². The summed E-state index contributed by atoms with van der Waals surface area (Å²) in [5, 5.41) is 9.83. The van der Waals surface area contributed by atoms with Gasteiger partial charge in [0.1, 0.15) is 24.9 Å². The largest absolute Gasteiger partial charge is 0.382 e.